The molecule has 0 atom stereocenters. The summed E-state index contributed by atoms with van der Waals surface area (Å²) in [4.78, 5) is 23.8. The lowest BCUT2D eigenvalue weighted by molar-refractivity contribution is -0.141. The molecule has 4 nitrogen and oxygen atoms in total. The lowest BCUT2D eigenvalue weighted by Crippen LogP contribution is -2.08. The Kier molecular flexibility index (Phi) is 12.0. The third kappa shape index (κ3) is 12.8. The van der Waals surface area contributed by atoms with Gasteiger partial charge in [-0.1, -0.05) is 51.9 Å². The van der Waals surface area contributed by atoms with E-state index in [0.717, 1.165) is 12.8 Å². The lowest BCUT2D eigenvalue weighted by Gasteiger charge is -2.03. The van der Waals surface area contributed by atoms with E-state index in [1.54, 1.807) is 0 Å². The molecule has 0 rings (SSSR count). The van der Waals surface area contributed by atoms with Crippen LogP contribution in [-0.2, 0) is 14.3 Å². The van der Waals surface area contributed by atoms with Crippen LogP contribution in [0.15, 0.2) is 4.99 Å². The predicted molar refractivity (Wildman–Crippen MR) is 66.6 cm³/mol. The van der Waals surface area contributed by atoms with Crippen molar-refractivity contribution >= 4 is 12.0 Å². The van der Waals surface area contributed by atoms with Crippen molar-refractivity contribution < 1.29 is 14.3 Å². The lowest BCUT2D eigenvalue weighted by atomic mass is 10.1. The molecule has 0 heterocycles. The summed E-state index contributed by atoms with van der Waals surface area (Å²) in [5, 5.41) is 0. The third-order valence-electron chi connectivity index (χ3n) is 2.53. The fraction of sp³-hybridized carbons (Fsp3) is 0.846. The number of carbonyl (C=O) groups is 1. The van der Waals surface area contributed by atoms with Crippen LogP contribution in [0.25, 0.3) is 0 Å². The highest BCUT2D eigenvalue weighted by atomic mass is 16.5. The summed E-state index contributed by atoms with van der Waals surface area (Å²) >= 11 is 0. The normalized spacial score (nSPS) is 9.71. The zero-order valence-corrected chi connectivity index (χ0v) is 10.7. The Morgan fingerprint density at radius 2 is 1.65 bits per heavy atom. The maximum absolute atomic E-state index is 10.9. The first-order valence-corrected chi connectivity index (χ1v) is 6.50. The number of unbranched alkanes of at least 4 members (excludes halogenated alkanes) is 7. The summed E-state index contributed by atoms with van der Waals surface area (Å²) in [7, 11) is 0. The molecule has 0 aromatic carbocycles. The molecule has 0 aromatic rings. The smallest absolute Gasteiger partial charge is 0.328 e. The van der Waals surface area contributed by atoms with E-state index < -0.39 is 5.97 Å². The van der Waals surface area contributed by atoms with Crippen molar-refractivity contribution in [1.82, 2.24) is 0 Å². The summed E-state index contributed by atoms with van der Waals surface area (Å²) in [6.45, 7) is 2.44. The maximum Gasteiger partial charge on any atom is 0.328 e. The molecule has 0 radical (unpaired) electrons. The molecule has 0 aliphatic heterocycles. The Hall–Kier alpha value is -1.15. The number of hydrogen-bond acceptors (Lipinski definition) is 4. The first kappa shape index (κ1) is 15.9. The van der Waals surface area contributed by atoms with Crippen molar-refractivity contribution in [3.8, 4) is 0 Å². The van der Waals surface area contributed by atoms with Crippen molar-refractivity contribution in [1.29, 1.82) is 0 Å². The van der Waals surface area contributed by atoms with E-state index in [-0.39, 0.29) is 6.54 Å². The highest BCUT2D eigenvalue weighted by Gasteiger charge is 1.99. The average molecular weight is 241 g/mol. The number of rotatable bonds is 11. The minimum absolute atomic E-state index is 0.208. The van der Waals surface area contributed by atoms with E-state index in [1.165, 1.54) is 44.6 Å². The Morgan fingerprint density at radius 1 is 1.06 bits per heavy atom. The van der Waals surface area contributed by atoms with E-state index in [2.05, 4.69) is 11.9 Å². The molecule has 0 amide bonds. The van der Waals surface area contributed by atoms with Gasteiger partial charge in [-0.3, -0.25) is 4.79 Å². The fourth-order valence-electron chi connectivity index (χ4n) is 1.56. The van der Waals surface area contributed by atoms with Crippen molar-refractivity contribution in [3.63, 3.8) is 0 Å². The Morgan fingerprint density at radius 3 is 2.24 bits per heavy atom. The van der Waals surface area contributed by atoms with E-state index in [9.17, 15) is 9.59 Å². The molecular formula is C13H23NO3. The predicted octanol–water partition coefficient (Wildman–Crippen LogP) is 3.01. The summed E-state index contributed by atoms with van der Waals surface area (Å²) in [6, 6.07) is 0. The molecule has 0 fully saturated rings. The van der Waals surface area contributed by atoms with Crippen LogP contribution >= 0.6 is 0 Å². The standard InChI is InChI=1S/C13H23NO3/c1-2-3-4-5-6-7-8-9-10-17-13(16)11-14-12-15/h2-11H2,1H3. The Bertz CT molecular complexity index is 235. The molecule has 0 aliphatic carbocycles. The SMILES string of the molecule is CCCCCCCCCCOC(=O)CN=C=O. The number of esters is 1. The number of ether oxygens (including phenoxy) is 1. The summed E-state index contributed by atoms with van der Waals surface area (Å²) in [6.07, 6.45) is 11.0. The number of carbonyl (C=O) groups excluding carboxylic acids is 2. The molecule has 17 heavy (non-hydrogen) atoms. The molecule has 4 heteroatoms. The van der Waals surface area contributed by atoms with Gasteiger partial charge in [0.2, 0.25) is 6.08 Å². The Balaban J connectivity index is 3.12. The topological polar surface area (TPSA) is 55.7 Å². The van der Waals surface area contributed by atoms with Crippen LogP contribution in [0.1, 0.15) is 58.3 Å². The first-order valence-electron chi connectivity index (χ1n) is 6.50. The average Bonchev–Trinajstić information content (AvgIpc) is 2.34. The second-order valence-corrected chi connectivity index (χ2v) is 4.10. The van der Waals surface area contributed by atoms with Crippen LogP contribution in [0, 0.1) is 0 Å². The molecule has 0 aliphatic rings. The van der Waals surface area contributed by atoms with Gasteiger partial charge >= 0.3 is 5.97 Å². The highest BCUT2D eigenvalue weighted by Crippen LogP contribution is 2.08. The monoisotopic (exact) mass is 241 g/mol. The van der Waals surface area contributed by atoms with Crippen LogP contribution in [0.2, 0.25) is 0 Å². The quantitative estimate of drug-likeness (QED) is 0.242. The van der Waals surface area contributed by atoms with Crippen LogP contribution < -0.4 is 0 Å². The zero-order valence-electron chi connectivity index (χ0n) is 10.7. The largest absolute Gasteiger partial charge is 0.464 e. The molecule has 0 aromatic heterocycles. The second-order valence-electron chi connectivity index (χ2n) is 4.10. The maximum atomic E-state index is 10.9. The van der Waals surface area contributed by atoms with E-state index in [1.807, 2.05) is 0 Å². The minimum atomic E-state index is -0.448. The van der Waals surface area contributed by atoms with Gasteiger partial charge in [0, 0.05) is 0 Å². The van der Waals surface area contributed by atoms with E-state index in [4.69, 9.17) is 4.74 Å². The minimum Gasteiger partial charge on any atom is -0.464 e. The molecular weight excluding hydrogens is 218 g/mol. The number of isocyanates is 1. The van der Waals surface area contributed by atoms with Crippen LogP contribution in [0.3, 0.4) is 0 Å². The van der Waals surface area contributed by atoms with E-state index in [0.29, 0.717) is 6.61 Å². The molecule has 0 saturated carbocycles. The molecule has 0 spiro atoms. The van der Waals surface area contributed by atoms with Gasteiger partial charge in [0.25, 0.3) is 0 Å². The van der Waals surface area contributed by atoms with Gasteiger partial charge in [-0.05, 0) is 6.42 Å². The van der Waals surface area contributed by atoms with Gasteiger partial charge in [-0.15, -0.1) is 0 Å². The summed E-state index contributed by atoms with van der Waals surface area (Å²) < 4.78 is 4.88. The van der Waals surface area contributed by atoms with Crippen LogP contribution in [0.4, 0.5) is 0 Å². The van der Waals surface area contributed by atoms with Crippen LogP contribution in [-0.4, -0.2) is 25.2 Å². The molecule has 0 bridgehead atoms. The van der Waals surface area contributed by atoms with Gasteiger partial charge in [-0.2, -0.15) is 4.99 Å². The summed E-state index contributed by atoms with van der Waals surface area (Å²) in [5.74, 6) is -0.448. The summed E-state index contributed by atoms with van der Waals surface area (Å²) in [5.41, 5.74) is 0. The van der Waals surface area contributed by atoms with Gasteiger partial charge in [0.05, 0.1) is 6.61 Å². The van der Waals surface area contributed by atoms with Gasteiger partial charge in [-0.25, -0.2) is 4.79 Å². The Labute approximate surface area is 103 Å². The van der Waals surface area contributed by atoms with Crippen LogP contribution in [0.5, 0.6) is 0 Å². The van der Waals surface area contributed by atoms with Crippen molar-refractivity contribution in [3.05, 3.63) is 0 Å². The van der Waals surface area contributed by atoms with Crippen molar-refractivity contribution in [2.24, 2.45) is 4.99 Å². The molecule has 0 unspecified atom stereocenters. The molecule has 98 valence electrons. The molecule has 0 saturated heterocycles. The fourth-order valence-corrected chi connectivity index (χ4v) is 1.56. The van der Waals surface area contributed by atoms with Crippen molar-refractivity contribution in [2.75, 3.05) is 13.2 Å². The van der Waals surface area contributed by atoms with Crippen molar-refractivity contribution in [2.45, 2.75) is 58.3 Å². The van der Waals surface area contributed by atoms with Gasteiger partial charge in [0.1, 0.15) is 6.54 Å². The number of hydrogen-bond donors (Lipinski definition) is 0. The molecule has 0 N–H and O–H groups in total. The van der Waals surface area contributed by atoms with Gasteiger partial charge in [0.15, 0.2) is 0 Å². The second kappa shape index (κ2) is 12.9. The highest BCUT2D eigenvalue weighted by molar-refractivity contribution is 5.72. The first-order chi connectivity index (χ1) is 8.31. The van der Waals surface area contributed by atoms with E-state index >= 15 is 0 Å². The zero-order chi connectivity index (χ0) is 12.8. The number of nitrogens with zero attached hydrogens (tertiary/aromatic N) is 1. The number of aliphatic imine (C=N–C) groups is 1. The third-order valence-corrected chi connectivity index (χ3v) is 2.53. The van der Waals surface area contributed by atoms with Gasteiger partial charge < -0.3 is 4.74 Å².